The van der Waals surface area contributed by atoms with Gasteiger partial charge in [0.1, 0.15) is 6.07 Å². The molecule has 31 heavy (non-hydrogen) atoms. The first-order chi connectivity index (χ1) is 14.9. The van der Waals surface area contributed by atoms with Crippen LogP contribution in [0, 0.1) is 11.3 Å². The Kier molecular flexibility index (Phi) is 7.84. The molecule has 0 aromatic heterocycles. The molecule has 0 aliphatic carbocycles. The lowest BCUT2D eigenvalue weighted by Gasteiger charge is -2.28. The van der Waals surface area contributed by atoms with Crippen LogP contribution in [0.5, 0.6) is 0 Å². The minimum atomic E-state index is -0.286. The standard InChI is InChI=1S/C22H24ClN5O3/c1-27(15-22(30)26-18-3-2-16(13-24)20(23)12-18)14-21(29)25-17-4-6-19(7-5-17)28-8-10-31-11-9-28/h2-7,12H,8-11,14-15H2,1H3,(H,25,29)(H,26,30). The van der Waals surface area contributed by atoms with Gasteiger partial charge in [-0.3, -0.25) is 14.5 Å². The molecule has 2 aromatic carbocycles. The van der Waals surface area contributed by atoms with Crippen LogP contribution in [0.2, 0.25) is 5.02 Å². The third-order valence-electron chi connectivity index (χ3n) is 4.73. The minimum absolute atomic E-state index is 0.0288. The Morgan fingerprint density at radius 1 is 1.06 bits per heavy atom. The molecule has 162 valence electrons. The summed E-state index contributed by atoms with van der Waals surface area (Å²) in [6, 6.07) is 14.3. The van der Waals surface area contributed by atoms with Gasteiger partial charge in [0.15, 0.2) is 0 Å². The van der Waals surface area contributed by atoms with Crippen LogP contribution in [-0.4, -0.2) is 63.2 Å². The lowest BCUT2D eigenvalue weighted by atomic mass is 10.2. The molecule has 1 heterocycles. The fourth-order valence-corrected chi connectivity index (χ4v) is 3.43. The molecule has 1 saturated heterocycles. The molecule has 0 spiro atoms. The highest BCUT2D eigenvalue weighted by atomic mass is 35.5. The van der Waals surface area contributed by atoms with E-state index >= 15 is 0 Å². The third-order valence-corrected chi connectivity index (χ3v) is 5.04. The summed E-state index contributed by atoms with van der Waals surface area (Å²) in [7, 11) is 1.69. The van der Waals surface area contributed by atoms with Crippen LogP contribution in [0.3, 0.4) is 0 Å². The second-order valence-electron chi connectivity index (χ2n) is 7.22. The van der Waals surface area contributed by atoms with E-state index in [2.05, 4.69) is 15.5 Å². The predicted octanol–water partition coefficient (Wildman–Crippen LogP) is 2.56. The highest BCUT2D eigenvalue weighted by Crippen LogP contribution is 2.20. The Morgan fingerprint density at radius 3 is 2.23 bits per heavy atom. The Labute approximate surface area is 186 Å². The zero-order valence-electron chi connectivity index (χ0n) is 17.2. The van der Waals surface area contributed by atoms with E-state index in [1.165, 1.54) is 6.07 Å². The van der Waals surface area contributed by atoms with Gasteiger partial charge in [-0.2, -0.15) is 5.26 Å². The van der Waals surface area contributed by atoms with Gasteiger partial charge in [0, 0.05) is 30.2 Å². The summed E-state index contributed by atoms with van der Waals surface area (Å²) >= 11 is 5.97. The summed E-state index contributed by atoms with van der Waals surface area (Å²) in [6.07, 6.45) is 0. The Balaban J connectivity index is 1.45. The Bertz CT molecular complexity index is 968. The summed E-state index contributed by atoms with van der Waals surface area (Å²) in [4.78, 5) is 28.4. The van der Waals surface area contributed by atoms with Crippen molar-refractivity contribution >= 4 is 40.5 Å². The zero-order valence-corrected chi connectivity index (χ0v) is 18.0. The maximum atomic E-state index is 12.3. The van der Waals surface area contributed by atoms with Crippen molar-refractivity contribution in [2.75, 3.05) is 62.0 Å². The van der Waals surface area contributed by atoms with Crippen LogP contribution in [0.15, 0.2) is 42.5 Å². The molecule has 0 saturated carbocycles. The Hall–Kier alpha value is -3.12. The van der Waals surface area contributed by atoms with Crippen molar-refractivity contribution in [3.63, 3.8) is 0 Å². The number of hydrogen-bond acceptors (Lipinski definition) is 6. The third kappa shape index (κ3) is 6.69. The highest BCUT2D eigenvalue weighted by molar-refractivity contribution is 6.32. The molecular formula is C22H24ClN5O3. The number of rotatable bonds is 7. The van der Waals surface area contributed by atoms with Crippen molar-refractivity contribution in [1.29, 1.82) is 5.26 Å². The molecule has 0 atom stereocenters. The van der Waals surface area contributed by atoms with Crippen molar-refractivity contribution in [2.45, 2.75) is 0 Å². The van der Waals surface area contributed by atoms with Crippen LogP contribution >= 0.6 is 11.6 Å². The van der Waals surface area contributed by atoms with E-state index in [-0.39, 0.29) is 29.9 Å². The van der Waals surface area contributed by atoms with Gasteiger partial charge in [-0.15, -0.1) is 0 Å². The molecule has 2 N–H and O–H groups in total. The van der Waals surface area contributed by atoms with Crippen molar-refractivity contribution in [2.24, 2.45) is 0 Å². The van der Waals surface area contributed by atoms with E-state index < -0.39 is 0 Å². The van der Waals surface area contributed by atoms with E-state index in [1.807, 2.05) is 30.3 Å². The van der Waals surface area contributed by atoms with E-state index in [0.29, 0.717) is 16.9 Å². The van der Waals surface area contributed by atoms with Crippen LogP contribution in [0.25, 0.3) is 0 Å². The van der Waals surface area contributed by atoms with Crippen molar-refractivity contribution in [3.05, 3.63) is 53.1 Å². The number of halogens is 1. The fourth-order valence-electron chi connectivity index (χ4n) is 3.21. The SMILES string of the molecule is CN(CC(=O)Nc1ccc(N2CCOCC2)cc1)CC(=O)Nc1ccc(C#N)c(Cl)c1. The average Bonchev–Trinajstić information content (AvgIpc) is 2.74. The van der Waals surface area contributed by atoms with Gasteiger partial charge in [0.05, 0.1) is 36.9 Å². The number of hydrogen-bond donors (Lipinski definition) is 2. The number of nitriles is 1. The molecule has 9 heteroatoms. The van der Waals surface area contributed by atoms with Gasteiger partial charge in [0.25, 0.3) is 0 Å². The number of benzene rings is 2. The van der Waals surface area contributed by atoms with Gasteiger partial charge in [-0.05, 0) is 49.5 Å². The fraction of sp³-hybridized carbons (Fsp3) is 0.318. The molecule has 3 rings (SSSR count). The minimum Gasteiger partial charge on any atom is -0.378 e. The first kappa shape index (κ1) is 22.6. The maximum absolute atomic E-state index is 12.3. The monoisotopic (exact) mass is 441 g/mol. The van der Waals surface area contributed by atoms with E-state index in [1.54, 1.807) is 24.1 Å². The molecule has 0 unspecified atom stereocenters. The zero-order chi connectivity index (χ0) is 22.2. The summed E-state index contributed by atoms with van der Waals surface area (Å²) in [5.74, 6) is -0.498. The molecule has 0 radical (unpaired) electrons. The molecule has 1 aliphatic rings. The van der Waals surface area contributed by atoms with Crippen molar-refractivity contribution in [3.8, 4) is 6.07 Å². The number of amides is 2. The van der Waals surface area contributed by atoms with E-state index in [9.17, 15) is 9.59 Å². The molecular weight excluding hydrogens is 418 g/mol. The van der Waals surface area contributed by atoms with Gasteiger partial charge in [0.2, 0.25) is 11.8 Å². The molecule has 1 fully saturated rings. The summed E-state index contributed by atoms with van der Waals surface area (Å²) in [5.41, 5.74) is 2.63. The molecule has 2 amide bonds. The lowest BCUT2D eigenvalue weighted by Crippen LogP contribution is -2.36. The number of nitrogens with zero attached hydrogens (tertiary/aromatic N) is 3. The number of morpholine rings is 1. The molecule has 8 nitrogen and oxygen atoms in total. The molecule has 2 aromatic rings. The maximum Gasteiger partial charge on any atom is 0.238 e. The van der Waals surface area contributed by atoms with Crippen LogP contribution in [-0.2, 0) is 14.3 Å². The number of anilines is 3. The summed E-state index contributed by atoms with van der Waals surface area (Å²) in [5, 5.41) is 14.7. The van der Waals surface area contributed by atoms with Crippen molar-refractivity contribution in [1.82, 2.24) is 4.90 Å². The second-order valence-corrected chi connectivity index (χ2v) is 7.63. The number of ether oxygens (including phenoxy) is 1. The van der Waals surface area contributed by atoms with Crippen LogP contribution < -0.4 is 15.5 Å². The smallest absolute Gasteiger partial charge is 0.238 e. The van der Waals surface area contributed by atoms with Gasteiger partial charge >= 0.3 is 0 Å². The lowest BCUT2D eigenvalue weighted by molar-refractivity contribution is -0.119. The van der Waals surface area contributed by atoms with E-state index in [4.69, 9.17) is 21.6 Å². The number of carbonyl (C=O) groups is 2. The average molecular weight is 442 g/mol. The van der Waals surface area contributed by atoms with Crippen LogP contribution in [0.1, 0.15) is 5.56 Å². The predicted molar refractivity (Wildman–Crippen MR) is 120 cm³/mol. The quantitative estimate of drug-likeness (QED) is 0.685. The van der Waals surface area contributed by atoms with Gasteiger partial charge < -0.3 is 20.3 Å². The molecule has 1 aliphatic heterocycles. The van der Waals surface area contributed by atoms with Crippen LogP contribution in [0.4, 0.5) is 17.1 Å². The Morgan fingerprint density at radius 2 is 1.65 bits per heavy atom. The summed E-state index contributed by atoms with van der Waals surface area (Å²) in [6.45, 7) is 3.24. The highest BCUT2D eigenvalue weighted by Gasteiger charge is 2.13. The number of likely N-dealkylation sites (N-methyl/N-ethyl adjacent to an activating group) is 1. The number of carbonyl (C=O) groups excluding carboxylic acids is 2. The van der Waals surface area contributed by atoms with E-state index in [0.717, 1.165) is 32.0 Å². The largest absolute Gasteiger partial charge is 0.378 e. The van der Waals surface area contributed by atoms with Gasteiger partial charge in [-0.1, -0.05) is 11.6 Å². The van der Waals surface area contributed by atoms with Gasteiger partial charge in [-0.25, -0.2) is 0 Å². The summed E-state index contributed by atoms with van der Waals surface area (Å²) < 4.78 is 5.36. The second kappa shape index (κ2) is 10.8. The topological polar surface area (TPSA) is 97.7 Å². The number of nitrogens with one attached hydrogen (secondary N) is 2. The first-order valence-corrected chi connectivity index (χ1v) is 10.2. The van der Waals surface area contributed by atoms with Crippen molar-refractivity contribution < 1.29 is 14.3 Å². The molecule has 0 bridgehead atoms. The first-order valence-electron chi connectivity index (χ1n) is 9.85. The normalized spacial score (nSPS) is 13.5.